The van der Waals surface area contributed by atoms with E-state index in [-0.39, 0.29) is 29.7 Å². The maximum atomic E-state index is 13.3. The number of methoxy groups -OCH3 is 1. The molecule has 0 aliphatic carbocycles. The molecule has 1 fully saturated rings. The average molecular weight is 374 g/mol. The lowest BCUT2D eigenvalue weighted by Crippen LogP contribution is -2.51. The number of likely N-dealkylation sites (tertiary alicyclic amines) is 1. The van der Waals surface area contributed by atoms with Gasteiger partial charge in [0.2, 0.25) is 0 Å². The van der Waals surface area contributed by atoms with Crippen molar-refractivity contribution in [1.29, 1.82) is 0 Å². The van der Waals surface area contributed by atoms with Crippen molar-refractivity contribution in [2.24, 2.45) is 5.73 Å². The fourth-order valence-electron chi connectivity index (χ4n) is 3.89. The van der Waals surface area contributed by atoms with E-state index >= 15 is 0 Å². The van der Waals surface area contributed by atoms with E-state index in [1.54, 1.807) is 7.11 Å². The minimum Gasteiger partial charge on any atom is -0.379 e. The van der Waals surface area contributed by atoms with Crippen molar-refractivity contribution in [3.63, 3.8) is 0 Å². The molecule has 2 unspecified atom stereocenters. The van der Waals surface area contributed by atoms with E-state index in [0.717, 1.165) is 50.0 Å². The van der Waals surface area contributed by atoms with Gasteiger partial charge in [-0.15, -0.1) is 0 Å². The predicted molar refractivity (Wildman–Crippen MR) is 104 cm³/mol. The second kappa shape index (κ2) is 9.40. The first-order valence-corrected chi connectivity index (χ1v) is 9.58. The molecule has 1 saturated heterocycles. The van der Waals surface area contributed by atoms with Crippen molar-refractivity contribution in [2.45, 2.75) is 37.3 Å². The number of halogens is 2. The van der Waals surface area contributed by atoms with E-state index in [4.69, 9.17) is 10.5 Å². The topological polar surface area (TPSA) is 38.5 Å². The van der Waals surface area contributed by atoms with Gasteiger partial charge < -0.3 is 15.4 Å². The zero-order valence-corrected chi connectivity index (χ0v) is 15.8. The molecule has 0 radical (unpaired) electrons. The van der Waals surface area contributed by atoms with Crippen LogP contribution in [-0.2, 0) is 4.74 Å². The van der Waals surface area contributed by atoms with Crippen LogP contribution in [-0.4, -0.2) is 43.8 Å². The summed E-state index contributed by atoms with van der Waals surface area (Å²) in [6.07, 6.45) is 2.93. The Balaban J connectivity index is 1.65. The number of rotatable bonds is 7. The van der Waals surface area contributed by atoms with Gasteiger partial charge in [0.15, 0.2) is 0 Å². The highest BCUT2D eigenvalue weighted by Gasteiger charge is 2.26. The summed E-state index contributed by atoms with van der Waals surface area (Å²) in [5.74, 6) is -0.366. The lowest BCUT2D eigenvalue weighted by molar-refractivity contribution is 0.0163. The molecule has 0 aromatic heterocycles. The quantitative estimate of drug-likeness (QED) is 0.798. The molecule has 2 N–H and O–H groups in total. The minimum atomic E-state index is -0.244. The third-order valence-corrected chi connectivity index (χ3v) is 5.51. The molecule has 1 aliphatic rings. The summed E-state index contributed by atoms with van der Waals surface area (Å²) in [4.78, 5) is 2.39. The van der Waals surface area contributed by atoms with Crippen molar-refractivity contribution in [2.75, 3.05) is 26.7 Å². The summed E-state index contributed by atoms with van der Waals surface area (Å²) in [5.41, 5.74) is 8.20. The molecule has 5 heteroatoms. The first-order valence-electron chi connectivity index (χ1n) is 9.58. The highest BCUT2D eigenvalue weighted by Crippen LogP contribution is 2.30. The number of nitrogens with zero attached hydrogens (tertiary/aromatic N) is 1. The highest BCUT2D eigenvalue weighted by atomic mass is 19.1. The van der Waals surface area contributed by atoms with E-state index in [0.29, 0.717) is 0 Å². The van der Waals surface area contributed by atoms with Gasteiger partial charge in [0.05, 0.1) is 6.10 Å². The fraction of sp³-hybridized carbons (Fsp3) is 0.455. The standard InChI is InChI=1S/C22H28F2N2O/c1-27-22-15-26(14-12-21(22)25)13-2-3-20(16-4-8-18(23)9-5-16)17-6-10-19(24)11-7-17/h4-11,20-22H,2-3,12-15,25H2,1H3. The Kier molecular flexibility index (Phi) is 6.94. The molecule has 2 atom stereocenters. The van der Waals surface area contributed by atoms with Gasteiger partial charge in [-0.25, -0.2) is 8.78 Å². The molecule has 0 amide bonds. The second-order valence-electron chi connectivity index (χ2n) is 7.33. The van der Waals surface area contributed by atoms with Crippen LogP contribution in [0.1, 0.15) is 36.3 Å². The Hall–Kier alpha value is -1.82. The number of piperidine rings is 1. The number of benzene rings is 2. The van der Waals surface area contributed by atoms with Crippen molar-refractivity contribution in [1.82, 2.24) is 4.90 Å². The lowest BCUT2D eigenvalue weighted by atomic mass is 9.87. The highest BCUT2D eigenvalue weighted by molar-refractivity contribution is 5.32. The zero-order valence-electron chi connectivity index (χ0n) is 15.8. The molecule has 146 valence electrons. The number of hydrogen-bond donors (Lipinski definition) is 1. The van der Waals surface area contributed by atoms with Crippen LogP contribution in [0.5, 0.6) is 0 Å². The Morgan fingerprint density at radius 3 is 2.11 bits per heavy atom. The molecule has 3 nitrogen and oxygen atoms in total. The number of nitrogens with two attached hydrogens (primary N) is 1. The number of hydrogen-bond acceptors (Lipinski definition) is 3. The molecule has 1 aliphatic heterocycles. The summed E-state index contributed by atoms with van der Waals surface area (Å²) < 4.78 is 32.1. The summed E-state index contributed by atoms with van der Waals surface area (Å²) in [7, 11) is 1.72. The molecule has 0 spiro atoms. The summed E-state index contributed by atoms with van der Waals surface area (Å²) in [6.45, 7) is 2.81. The van der Waals surface area contributed by atoms with E-state index in [1.807, 2.05) is 24.3 Å². The Bertz CT molecular complexity index is 660. The van der Waals surface area contributed by atoms with Gasteiger partial charge in [-0.05, 0) is 67.7 Å². The molecule has 2 aromatic carbocycles. The fourth-order valence-corrected chi connectivity index (χ4v) is 3.89. The summed E-state index contributed by atoms with van der Waals surface area (Å²) in [5, 5.41) is 0. The molecule has 2 aromatic rings. The lowest BCUT2D eigenvalue weighted by Gasteiger charge is -2.36. The normalized spacial score (nSPS) is 20.9. The molecule has 0 saturated carbocycles. The van der Waals surface area contributed by atoms with Crippen LogP contribution < -0.4 is 5.73 Å². The van der Waals surface area contributed by atoms with Crippen molar-refractivity contribution in [3.05, 3.63) is 71.3 Å². The van der Waals surface area contributed by atoms with Crippen molar-refractivity contribution < 1.29 is 13.5 Å². The van der Waals surface area contributed by atoms with Crippen LogP contribution in [0.25, 0.3) is 0 Å². The number of ether oxygens (including phenoxy) is 1. The molecular weight excluding hydrogens is 346 g/mol. The van der Waals surface area contributed by atoms with Crippen LogP contribution in [0.4, 0.5) is 8.78 Å². The van der Waals surface area contributed by atoms with Crippen LogP contribution >= 0.6 is 0 Å². The van der Waals surface area contributed by atoms with E-state index in [9.17, 15) is 8.78 Å². The Morgan fingerprint density at radius 2 is 1.59 bits per heavy atom. The van der Waals surface area contributed by atoms with Crippen molar-refractivity contribution in [3.8, 4) is 0 Å². The van der Waals surface area contributed by atoms with Gasteiger partial charge in [0.25, 0.3) is 0 Å². The SMILES string of the molecule is COC1CN(CCCC(c2ccc(F)cc2)c2ccc(F)cc2)CCC1N. The monoisotopic (exact) mass is 374 g/mol. The third-order valence-electron chi connectivity index (χ3n) is 5.51. The first-order chi connectivity index (χ1) is 13.1. The van der Waals surface area contributed by atoms with Crippen LogP contribution in [0.15, 0.2) is 48.5 Å². The summed E-state index contributed by atoms with van der Waals surface area (Å²) in [6, 6.07) is 13.4. The van der Waals surface area contributed by atoms with Crippen LogP contribution in [0, 0.1) is 11.6 Å². The van der Waals surface area contributed by atoms with E-state index in [1.165, 1.54) is 24.3 Å². The van der Waals surface area contributed by atoms with Gasteiger partial charge >= 0.3 is 0 Å². The van der Waals surface area contributed by atoms with E-state index in [2.05, 4.69) is 4.90 Å². The largest absolute Gasteiger partial charge is 0.379 e. The summed E-state index contributed by atoms with van der Waals surface area (Å²) >= 11 is 0. The van der Waals surface area contributed by atoms with Gasteiger partial charge in [-0.3, -0.25) is 0 Å². The van der Waals surface area contributed by atoms with Crippen LogP contribution in [0.2, 0.25) is 0 Å². The van der Waals surface area contributed by atoms with E-state index < -0.39 is 0 Å². The second-order valence-corrected chi connectivity index (χ2v) is 7.33. The zero-order chi connectivity index (χ0) is 19.2. The molecular formula is C22H28F2N2O. The van der Waals surface area contributed by atoms with Gasteiger partial charge in [0.1, 0.15) is 11.6 Å². The molecule has 0 bridgehead atoms. The minimum absolute atomic E-state index is 0.0868. The predicted octanol–water partition coefficient (Wildman–Crippen LogP) is 3.92. The van der Waals surface area contributed by atoms with Gasteiger partial charge in [-0.1, -0.05) is 24.3 Å². The van der Waals surface area contributed by atoms with Gasteiger partial charge in [0, 0.05) is 25.6 Å². The maximum Gasteiger partial charge on any atom is 0.123 e. The average Bonchev–Trinajstić information content (AvgIpc) is 2.68. The van der Waals surface area contributed by atoms with Crippen LogP contribution in [0.3, 0.4) is 0 Å². The van der Waals surface area contributed by atoms with Crippen molar-refractivity contribution >= 4 is 0 Å². The Labute approximate surface area is 160 Å². The molecule has 27 heavy (non-hydrogen) atoms. The third kappa shape index (κ3) is 5.34. The Morgan fingerprint density at radius 1 is 1.04 bits per heavy atom. The molecule has 3 rings (SSSR count). The maximum absolute atomic E-state index is 13.3. The van der Waals surface area contributed by atoms with Gasteiger partial charge in [-0.2, -0.15) is 0 Å². The first kappa shape index (κ1) is 19.9. The smallest absolute Gasteiger partial charge is 0.123 e. The molecule has 1 heterocycles.